The van der Waals surface area contributed by atoms with E-state index < -0.39 is 43.7 Å². The van der Waals surface area contributed by atoms with Gasteiger partial charge in [0.05, 0.1) is 12.7 Å². The number of aliphatic hydroxyl groups is 4. The normalized spacial score (nSPS) is 14.4. The Morgan fingerprint density at radius 1 is 0.841 bits per heavy atom. The molecule has 0 bridgehead atoms. The van der Waals surface area contributed by atoms with Crippen LogP contribution in [0.25, 0.3) is 0 Å². The van der Waals surface area contributed by atoms with E-state index in [0.717, 1.165) is 5.56 Å². The first-order chi connectivity index (χ1) is 20.8. The average molecular weight is 633 g/mol. The van der Waals surface area contributed by atoms with Gasteiger partial charge in [0.2, 0.25) is 5.91 Å². The third-order valence-corrected chi connectivity index (χ3v) is 7.72. The Morgan fingerprint density at radius 3 is 1.89 bits per heavy atom. The number of aliphatic hydroxyl groups excluding tert-OH is 4. The molecule has 0 saturated carbocycles. The summed E-state index contributed by atoms with van der Waals surface area (Å²) in [5, 5.41) is 48.3. The Balaban J connectivity index is 1.89. The number of hydrogen-bond acceptors (Lipinski definition) is 9. The Morgan fingerprint density at radius 2 is 1.41 bits per heavy atom. The number of thiocarbonyl (C=S) groups is 1. The van der Waals surface area contributed by atoms with Crippen LogP contribution in [0, 0.1) is 17.8 Å². The standard InChI is InChI=1S/C32H48N4O7S/c1-32(2,3)23-8-6-21(7-9-23)30(42)35-31(44)34-25-12-10-24(11-13-25)33-29(41)20-43-28(19-40)27(18-39)26(17-38)22(16-37)14-15-36(4)5/h6-13,22,26-28,37-40H,14-20H2,1-5H3,(H,33,41)(H2,34,35,42,44). The zero-order chi connectivity index (χ0) is 32.9. The molecule has 0 spiro atoms. The summed E-state index contributed by atoms with van der Waals surface area (Å²) in [7, 11) is 3.80. The van der Waals surface area contributed by atoms with E-state index in [9.17, 15) is 30.0 Å². The number of nitrogens with one attached hydrogen (secondary N) is 3. The van der Waals surface area contributed by atoms with E-state index in [1.54, 1.807) is 36.4 Å². The van der Waals surface area contributed by atoms with Crippen LogP contribution in [0.2, 0.25) is 0 Å². The topological polar surface area (TPSA) is 164 Å². The third kappa shape index (κ3) is 11.8. The summed E-state index contributed by atoms with van der Waals surface area (Å²) in [6.07, 6.45) is -0.340. The van der Waals surface area contributed by atoms with E-state index in [0.29, 0.717) is 29.9 Å². The van der Waals surface area contributed by atoms with E-state index in [1.165, 1.54) is 0 Å². The van der Waals surface area contributed by atoms with E-state index in [-0.39, 0.29) is 35.6 Å². The molecule has 11 nitrogen and oxygen atoms in total. The van der Waals surface area contributed by atoms with Gasteiger partial charge >= 0.3 is 0 Å². The van der Waals surface area contributed by atoms with Crippen LogP contribution in [-0.2, 0) is 14.9 Å². The second kappa shape index (κ2) is 18.1. The molecule has 0 aromatic heterocycles. The van der Waals surface area contributed by atoms with Crippen molar-refractivity contribution in [3.8, 4) is 0 Å². The fourth-order valence-corrected chi connectivity index (χ4v) is 5.03. The summed E-state index contributed by atoms with van der Waals surface area (Å²) in [6, 6.07) is 14.0. The number of rotatable bonds is 16. The molecule has 0 aliphatic heterocycles. The lowest BCUT2D eigenvalue weighted by Crippen LogP contribution is -2.43. The summed E-state index contributed by atoms with van der Waals surface area (Å²) < 4.78 is 5.66. The molecule has 44 heavy (non-hydrogen) atoms. The Hall–Kier alpha value is -2.97. The highest BCUT2D eigenvalue weighted by molar-refractivity contribution is 7.80. The second-order valence-corrected chi connectivity index (χ2v) is 12.5. The highest BCUT2D eigenvalue weighted by Gasteiger charge is 2.34. The van der Waals surface area contributed by atoms with Gasteiger partial charge in [0.15, 0.2) is 5.11 Å². The predicted octanol–water partition coefficient (Wildman–Crippen LogP) is 2.20. The molecule has 2 rings (SSSR count). The molecular formula is C32H48N4O7S. The monoisotopic (exact) mass is 632 g/mol. The van der Waals surface area contributed by atoms with Crippen molar-refractivity contribution in [1.82, 2.24) is 10.2 Å². The van der Waals surface area contributed by atoms with Gasteiger partial charge in [-0.1, -0.05) is 32.9 Å². The van der Waals surface area contributed by atoms with E-state index in [2.05, 4.69) is 36.7 Å². The van der Waals surface area contributed by atoms with Crippen LogP contribution in [0.3, 0.4) is 0 Å². The van der Waals surface area contributed by atoms with Crippen molar-refractivity contribution >= 4 is 40.5 Å². The van der Waals surface area contributed by atoms with Gasteiger partial charge in [-0.25, -0.2) is 0 Å². The molecule has 0 heterocycles. The number of carbonyl (C=O) groups excluding carboxylic acids is 2. The average Bonchev–Trinajstić information content (AvgIpc) is 2.98. The van der Waals surface area contributed by atoms with Gasteiger partial charge in [-0.15, -0.1) is 0 Å². The summed E-state index contributed by atoms with van der Waals surface area (Å²) in [5.74, 6) is -2.35. The second-order valence-electron chi connectivity index (χ2n) is 12.1. The van der Waals surface area contributed by atoms with Crippen LogP contribution >= 0.6 is 12.2 Å². The third-order valence-electron chi connectivity index (χ3n) is 7.51. The van der Waals surface area contributed by atoms with Crippen molar-refractivity contribution in [2.24, 2.45) is 17.8 Å². The molecule has 0 aliphatic rings. The predicted molar refractivity (Wildman–Crippen MR) is 176 cm³/mol. The van der Waals surface area contributed by atoms with Crippen LogP contribution in [0.4, 0.5) is 11.4 Å². The fourth-order valence-electron chi connectivity index (χ4n) is 4.82. The molecule has 0 aliphatic carbocycles. The first kappa shape index (κ1) is 37.2. The fraction of sp³-hybridized carbons (Fsp3) is 0.531. The van der Waals surface area contributed by atoms with E-state index in [4.69, 9.17) is 17.0 Å². The number of benzene rings is 2. The minimum Gasteiger partial charge on any atom is -0.396 e. The minimum atomic E-state index is -0.921. The number of nitrogens with zero attached hydrogens (tertiary/aromatic N) is 1. The van der Waals surface area contributed by atoms with Gasteiger partial charge < -0.3 is 40.7 Å². The molecule has 4 atom stereocenters. The molecule has 2 aromatic carbocycles. The van der Waals surface area contributed by atoms with Crippen LogP contribution in [0.1, 0.15) is 43.1 Å². The Labute approximate surface area is 265 Å². The number of hydrogen-bond donors (Lipinski definition) is 7. The van der Waals surface area contributed by atoms with Crippen molar-refractivity contribution in [2.75, 3.05) is 64.3 Å². The lowest BCUT2D eigenvalue weighted by Gasteiger charge is -2.35. The number of ether oxygens (including phenoxy) is 1. The maximum Gasteiger partial charge on any atom is 0.257 e. The molecule has 12 heteroatoms. The van der Waals surface area contributed by atoms with Crippen molar-refractivity contribution in [3.63, 3.8) is 0 Å². The van der Waals surface area contributed by atoms with Crippen molar-refractivity contribution in [2.45, 2.75) is 38.7 Å². The largest absolute Gasteiger partial charge is 0.396 e. The van der Waals surface area contributed by atoms with Crippen LogP contribution in [0.15, 0.2) is 48.5 Å². The molecule has 0 saturated heterocycles. The smallest absolute Gasteiger partial charge is 0.257 e. The van der Waals surface area contributed by atoms with Gasteiger partial charge in [0.25, 0.3) is 5.91 Å². The Kier molecular flexibility index (Phi) is 15.3. The summed E-state index contributed by atoms with van der Waals surface area (Å²) >= 11 is 5.28. The van der Waals surface area contributed by atoms with Crippen molar-refractivity contribution in [3.05, 3.63) is 59.7 Å². The SMILES string of the molecule is CN(C)CCC(CO)C(CO)C(CO)C(CO)OCC(=O)Nc1ccc(NC(=S)NC(=O)c2ccc(C(C)(C)C)cc2)cc1. The van der Waals surface area contributed by atoms with Crippen molar-refractivity contribution < 1.29 is 34.8 Å². The minimum absolute atomic E-state index is 0.0183. The zero-order valence-corrected chi connectivity index (χ0v) is 27.1. The summed E-state index contributed by atoms with van der Waals surface area (Å²) in [5.41, 5.74) is 2.67. The maximum absolute atomic E-state index is 12.6. The number of amides is 2. The molecule has 0 radical (unpaired) electrons. The highest BCUT2D eigenvalue weighted by atomic mass is 32.1. The lowest BCUT2D eigenvalue weighted by molar-refractivity contribution is -0.129. The lowest BCUT2D eigenvalue weighted by atomic mass is 9.78. The first-order valence-corrected chi connectivity index (χ1v) is 15.1. The van der Waals surface area contributed by atoms with Crippen molar-refractivity contribution in [1.29, 1.82) is 0 Å². The summed E-state index contributed by atoms with van der Waals surface area (Å²) in [6.45, 7) is 5.21. The highest BCUT2D eigenvalue weighted by Crippen LogP contribution is 2.28. The van der Waals surface area contributed by atoms with Crippen LogP contribution in [0.5, 0.6) is 0 Å². The van der Waals surface area contributed by atoms with Crippen LogP contribution < -0.4 is 16.0 Å². The van der Waals surface area contributed by atoms with Gasteiger partial charge in [-0.2, -0.15) is 0 Å². The molecule has 7 N–H and O–H groups in total. The first-order valence-electron chi connectivity index (χ1n) is 14.6. The van der Waals surface area contributed by atoms with Gasteiger partial charge in [0, 0.05) is 42.7 Å². The summed E-state index contributed by atoms with van der Waals surface area (Å²) in [4.78, 5) is 27.1. The van der Waals surface area contributed by atoms with Crippen LogP contribution in [-0.4, -0.2) is 102 Å². The molecule has 0 fully saturated rings. The van der Waals surface area contributed by atoms with E-state index in [1.807, 2.05) is 31.1 Å². The van der Waals surface area contributed by atoms with Gasteiger partial charge in [-0.3, -0.25) is 14.9 Å². The molecule has 2 amide bonds. The molecule has 4 unspecified atom stereocenters. The van der Waals surface area contributed by atoms with E-state index >= 15 is 0 Å². The van der Waals surface area contributed by atoms with Gasteiger partial charge in [-0.05, 0) is 98.5 Å². The Bertz CT molecular complexity index is 1190. The molecule has 244 valence electrons. The quantitative estimate of drug-likeness (QED) is 0.137. The molecular weight excluding hydrogens is 584 g/mol. The van der Waals surface area contributed by atoms with Gasteiger partial charge in [0.1, 0.15) is 6.61 Å². The zero-order valence-electron chi connectivity index (χ0n) is 26.2. The molecule has 2 aromatic rings. The number of carbonyl (C=O) groups is 2. The maximum atomic E-state index is 12.6. The number of anilines is 2.